The van der Waals surface area contributed by atoms with Gasteiger partial charge in [0.05, 0.1) is 6.61 Å². The topological polar surface area (TPSA) is 120 Å². The summed E-state index contributed by atoms with van der Waals surface area (Å²) in [7, 11) is 1.48. The minimum Gasteiger partial charge on any atom is -0.484 e. The van der Waals surface area contributed by atoms with Crippen LogP contribution >= 0.6 is 0 Å². The number of nitrogens with zero attached hydrogens (tertiary/aromatic N) is 2. The number of para-hydroxylation sites is 1. The van der Waals surface area contributed by atoms with E-state index in [0.717, 1.165) is 0 Å². The molecule has 2 rings (SSSR count). The Morgan fingerprint density at radius 3 is 2.59 bits per heavy atom. The van der Waals surface area contributed by atoms with Gasteiger partial charge in [-0.25, -0.2) is 4.79 Å². The Balaban J connectivity index is 2.35. The number of nitrogens with one attached hydrogen (secondary N) is 1. The summed E-state index contributed by atoms with van der Waals surface area (Å²) in [6.45, 7) is 2.17. The van der Waals surface area contributed by atoms with Gasteiger partial charge in [-0.05, 0) is 18.6 Å². The van der Waals surface area contributed by atoms with E-state index in [1.807, 2.05) is 13.0 Å². The van der Waals surface area contributed by atoms with Crippen LogP contribution in [0, 0.1) is 0 Å². The van der Waals surface area contributed by atoms with Gasteiger partial charge in [0, 0.05) is 20.2 Å². The molecule has 0 aliphatic rings. The molecule has 9 heteroatoms. The highest BCUT2D eigenvalue weighted by atomic mass is 16.5. The molecule has 1 aromatic heterocycles. The number of carbonyl (C=O) groups excluding carboxylic acids is 1. The smallest absolute Gasteiger partial charge is 0.330 e. The molecule has 0 aliphatic heterocycles. The number of amides is 1. The number of carbonyl (C=O) groups is 1. The zero-order valence-electron chi connectivity index (χ0n) is 15.4. The summed E-state index contributed by atoms with van der Waals surface area (Å²) in [6.07, 6.45) is 0.638. The van der Waals surface area contributed by atoms with Crippen LogP contribution in [0.2, 0.25) is 0 Å². The van der Waals surface area contributed by atoms with Crippen molar-refractivity contribution in [3.63, 3.8) is 0 Å². The molecule has 0 atom stereocenters. The molecule has 1 heterocycles. The van der Waals surface area contributed by atoms with E-state index >= 15 is 0 Å². The number of hydrogen-bond donors (Lipinski definition) is 2. The number of benzene rings is 1. The van der Waals surface area contributed by atoms with Gasteiger partial charge in [-0.3, -0.25) is 24.0 Å². The molecule has 0 radical (unpaired) electrons. The van der Waals surface area contributed by atoms with Gasteiger partial charge in [0.1, 0.15) is 11.6 Å². The summed E-state index contributed by atoms with van der Waals surface area (Å²) in [5.41, 5.74) is 4.64. The molecule has 2 aromatic rings. The van der Waals surface area contributed by atoms with Crippen LogP contribution in [0.4, 0.5) is 11.5 Å². The number of ether oxygens (including phenoxy) is 2. The van der Waals surface area contributed by atoms with Crippen LogP contribution in [0.5, 0.6) is 5.75 Å². The maximum atomic E-state index is 12.7. The minimum absolute atomic E-state index is 0.0604. The number of aromatic nitrogens is 2. The van der Waals surface area contributed by atoms with Crippen LogP contribution in [0.25, 0.3) is 0 Å². The van der Waals surface area contributed by atoms with Crippen LogP contribution in [-0.2, 0) is 16.1 Å². The summed E-state index contributed by atoms with van der Waals surface area (Å²) in [4.78, 5) is 40.5. The van der Waals surface area contributed by atoms with Crippen LogP contribution in [0.15, 0.2) is 39.9 Å². The third-order valence-corrected chi connectivity index (χ3v) is 3.86. The van der Waals surface area contributed by atoms with E-state index in [1.54, 1.807) is 24.3 Å². The van der Waals surface area contributed by atoms with Gasteiger partial charge in [0.15, 0.2) is 12.3 Å². The molecular formula is C18H24N4O5. The monoisotopic (exact) mass is 376 g/mol. The van der Waals surface area contributed by atoms with Crippen LogP contribution in [0.3, 0.4) is 0 Å². The lowest BCUT2D eigenvalue weighted by atomic mass is 10.3. The second kappa shape index (κ2) is 9.58. The highest BCUT2D eigenvalue weighted by Crippen LogP contribution is 2.17. The van der Waals surface area contributed by atoms with Crippen molar-refractivity contribution >= 4 is 17.4 Å². The average molecular weight is 376 g/mol. The largest absolute Gasteiger partial charge is 0.484 e. The van der Waals surface area contributed by atoms with E-state index in [-0.39, 0.29) is 31.3 Å². The third kappa shape index (κ3) is 4.98. The van der Waals surface area contributed by atoms with E-state index in [0.29, 0.717) is 18.7 Å². The normalized spacial score (nSPS) is 10.6. The highest BCUT2D eigenvalue weighted by Gasteiger charge is 2.24. The summed E-state index contributed by atoms with van der Waals surface area (Å²) in [5.74, 6) is -0.0139. The van der Waals surface area contributed by atoms with Crippen molar-refractivity contribution < 1.29 is 14.3 Å². The summed E-state index contributed by atoms with van der Waals surface area (Å²) < 4.78 is 11.7. The Morgan fingerprint density at radius 2 is 1.96 bits per heavy atom. The van der Waals surface area contributed by atoms with Gasteiger partial charge in [-0.1, -0.05) is 25.1 Å². The molecule has 0 fully saturated rings. The predicted octanol–water partition coefficient (Wildman–Crippen LogP) is 0.587. The Morgan fingerprint density at radius 1 is 1.26 bits per heavy atom. The standard InChI is InChI=1S/C18H24N4O5/c1-3-9-22-16(19)15(17(24)20-18(22)25)21(10-11-26-2)14(23)12-27-13-7-5-4-6-8-13/h4-8H,3,9-12,19H2,1-2H3,(H,20,24,25). The molecule has 0 saturated heterocycles. The first-order valence-electron chi connectivity index (χ1n) is 8.59. The number of nitrogen functional groups attached to an aromatic ring is 1. The SMILES string of the molecule is CCCn1c(N)c(N(CCOC)C(=O)COc2ccccc2)c(=O)[nH]c1=O. The van der Waals surface area contributed by atoms with E-state index in [9.17, 15) is 14.4 Å². The van der Waals surface area contributed by atoms with Gasteiger partial charge in [0.2, 0.25) is 0 Å². The number of aromatic amines is 1. The Kier molecular flexibility index (Phi) is 7.18. The molecule has 146 valence electrons. The first kappa shape index (κ1) is 20.2. The number of nitrogens with two attached hydrogens (primary N) is 1. The molecule has 0 spiro atoms. The van der Waals surface area contributed by atoms with Gasteiger partial charge in [-0.2, -0.15) is 0 Å². The van der Waals surface area contributed by atoms with Crippen molar-refractivity contribution in [2.45, 2.75) is 19.9 Å². The van der Waals surface area contributed by atoms with E-state index in [1.165, 1.54) is 16.6 Å². The fraction of sp³-hybridized carbons (Fsp3) is 0.389. The fourth-order valence-corrected chi connectivity index (χ4v) is 2.57. The van der Waals surface area contributed by atoms with Crippen LogP contribution < -0.4 is 26.6 Å². The zero-order valence-corrected chi connectivity index (χ0v) is 15.4. The van der Waals surface area contributed by atoms with Crippen LogP contribution in [0.1, 0.15) is 13.3 Å². The van der Waals surface area contributed by atoms with Crippen molar-refractivity contribution in [3.05, 3.63) is 51.2 Å². The van der Waals surface area contributed by atoms with Gasteiger partial charge in [-0.15, -0.1) is 0 Å². The van der Waals surface area contributed by atoms with E-state index < -0.39 is 17.2 Å². The number of H-pyrrole nitrogens is 1. The summed E-state index contributed by atoms with van der Waals surface area (Å²) in [5, 5.41) is 0. The number of anilines is 2. The first-order chi connectivity index (χ1) is 13.0. The maximum Gasteiger partial charge on any atom is 0.330 e. The van der Waals surface area contributed by atoms with Crippen molar-refractivity contribution in [1.29, 1.82) is 0 Å². The molecule has 3 N–H and O–H groups in total. The minimum atomic E-state index is -0.728. The van der Waals surface area contributed by atoms with Crippen molar-refractivity contribution in [1.82, 2.24) is 9.55 Å². The molecule has 0 saturated carbocycles. The summed E-state index contributed by atoms with van der Waals surface area (Å²) >= 11 is 0. The highest BCUT2D eigenvalue weighted by molar-refractivity contribution is 5.96. The average Bonchev–Trinajstić information content (AvgIpc) is 2.66. The molecule has 0 aliphatic carbocycles. The third-order valence-electron chi connectivity index (χ3n) is 3.86. The zero-order chi connectivity index (χ0) is 19.8. The molecule has 1 aromatic carbocycles. The van der Waals surface area contributed by atoms with Gasteiger partial charge in [0.25, 0.3) is 11.5 Å². The summed E-state index contributed by atoms with van der Waals surface area (Å²) in [6, 6.07) is 8.83. The van der Waals surface area contributed by atoms with Crippen molar-refractivity contribution in [2.75, 3.05) is 37.5 Å². The Hall–Kier alpha value is -3.07. The molecule has 9 nitrogen and oxygen atoms in total. The molecule has 27 heavy (non-hydrogen) atoms. The molecular weight excluding hydrogens is 352 g/mol. The molecule has 0 unspecified atom stereocenters. The molecule has 1 amide bonds. The second-order valence-electron chi connectivity index (χ2n) is 5.78. The lowest BCUT2D eigenvalue weighted by Crippen LogP contribution is -2.44. The van der Waals surface area contributed by atoms with E-state index in [4.69, 9.17) is 15.2 Å². The Labute approximate surface area is 156 Å². The molecule has 0 bridgehead atoms. The lowest BCUT2D eigenvalue weighted by Gasteiger charge is -2.24. The number of methoxy groups -OCH3 is 1. The first-order valence-corrected chi connectivity index (χ1v) is 8.59. The number of rotatable bonds is 9. The second-order valence-corrected chi connectivity index (χ2v) is 5.78. The van der Waals surface area contributed by atoms with Crippen LogP contribution in [-0.4, -0.2) is 42.3 Å². The maximum absolute atomic E-state index is 12.7. The quantitative estimate of drug-likeness (QED) is 0.661. The van der Waals surface area contributed by atoms with E-state index in [2.05, 4.69) is 4.98 Å². The Bertz CT molecular complexity index is 876. The predicted molar refractivity (Wildman–Crippen MR) is 102 cm³/mol. The van der Waals surface area contributed by atoms with Crippen molar-refractivity contribution in [3.8, 4) is 5.75 Å². The van der Waals surface area contributed by atoms with Gasteiger partial charge >= 0.3 is 5.69 Å². The van der Waals surface area contributed by atoms with Gasteiger partial charge < -0.3 is 15.2 Å². The fourth-order valence-electron chi connectivity index (χ4n) is 2.57. The van der Waals surface area contributed by atoms with Crippen molar-refractivity contribution in [2.24, 2.45) is 0 Å². The number of hydrogen-bond acceptors (Lipinski definition) is 6. The lowest BCUT2D eigenvalue weighted by molar-refractivity contribution is -0.120.